The van der Waals surface area contributed by atoms with Crippen LogP contribution in [0.3, 0.4) is 0 Å². The molecule has 1 saturated carbocycles. The summed E-state index contributed by atoms with van der Waals surface area (Å²) >= 11 is 1.91. The molecule has 2 heterocycles. The van der Waals surface area contributed by atoms with Crippen LogP contribution in [0.1, 0.15) is 50.8 Å². The quantitative estimate of drug-likeness (QED) is 0.906. The second-order valence-electron chi connectivity index (χ2n) is 7.10. The first-order valence-corrected chi connectivity index (χ1v) is 9.07. The molecule has 0 aromatic carbocycles. The maximum Gasteiger partial charge on any atom is 0.0338 e. The van der Waals surface area contributed by atoms with Gasteiger partial charge < -0.3 is 5.32 Å². The second-order valence-corrected chi connectivity index (χ2v) is 8.13. The normalized spacial score (nSPS) is 26.6. The Morgan fingerprint density at radius 2 is 2.20 bits per heavy atom. The maximum atomic E-state index is 3.85. The molecule has 1 aromatic rings. The Labute approximate surface area is 127 Å². The minimum Gasteiger partial charge on any atom is -0.311 e. The summed E-state index contributed by atoms with van der Waals surface area (Å²) in [5, 5.41) is 6.07. The number of hydrogen-bond acceptors (Lipinski definition) is 3. The van der Waals surface area contributed by atoms with E-state index in [-0.39, 0.29) is 0 Å². The van der Waals surface area contributed by atoms with Crippen LogP contribution >= 0.6 is 11.3 Å². The number of thiophene rings is 1. The van der Waals surface area contributed by atoms with Gasteiger partial charge in [0.2, 0.25) is 0 Å². The van der Waals surface area contributed by atoms with E-state index in [9.17, 15) is 0 Å². The molecular weight excluding hydrogens is 264 g/mol. The molecule has 1 saturated heterocycles. The number of hydrogen-bond donors (Lipinski definition) is 1. The van der Waals surface area contributed by atoms with Gasteiger partial charge in [0.25, 0.3) is 0 Å². The van der Waals surface area contributed by atoms with Crippen molar-refractivity contribution in [2.24, 2.45) is 5.92 Å². The molecule has 112 valence electrons. The van der Waals surface area contributed by atoms with E-state index < -0.39 is 0 Å². The summed E-state index contributed by atoms with van der Waals surface area (Å²) in [5.41, 5.74) is 0.456. The third-order valence-electron chi connectivity index (χ3n) is 5.05. The Kier molecular flexibility index (Phi) is 4.49. The summed E-state index contributed by atoms with van der Waals surface area (Å²) < 4.78 is 0. The van der Waals surface area contributed by atoms with Crippen LogP contribution in [0.5, 0.6) is 0 Å². The summed E-state index contributed by atoms with van der Waals surface area (Å²) in [6.07, 6.45) is 6.91. The largest absolute Gasteiger partial charge is 0.311 e. The van der Waals surface area contributed by atoms with Crippen molar-refractivity contribution >= 4 is 11.3 Å². The van der Waals surface area contributed by atoms with Crippen molar-refractivity contribution in [3.63, 3.8) is 0 Å². The third-order valence-corrected chi connectivity index (χ3v) is 5.91. The number of nitrogens with one attached hydrogen (secondary N) is 1. The fourth-order valence-electron chi connectivity index (χ4n) is 4.05. The summed E-state index contributed by atoms with van der Waals surface area (Å²) in [7, 11) is 0. The van der Waals surface area contributed by atoms with Crippen LogP contribution in [-0.4, -0.2) is 29.6 Å². The number of piperazine rings is 1. The fraction of sp³-hybridized carbons (Fsp3) is 0.765. The number of rotatable bonds is 4. The molecule has 3 heteroatoms. The zero-order chi connectivity index (χ0) is 14.0. The van der Waals surface area contributed by atoms with E-state index in [2.05, 4.69) is 41.6 Å². The van der Waals surface area contributed by atoms with E-state index in [0.717, 1.165) is 12.5 Å². The first-order chi connectivity index (χ1) is 9.68. The summed E-state index contributed by atoms with van der Waals surface area (Å²) in [5.74, 6) is 0.786. The van der Waals surface area contributed by atoms with Gasteiger partial charge in [0.05, 0.1) is 0 Å². The van der Waals surface area contributed by atoms with Crippen molar-refractivity contribution in [2.45, 2.75) is 64.1 Å². The van der Waals surface area contributed by atoms with Crippen molar-refractivity contribution in [3.8, 4) is 0 Å². The SMILES string of the molecule is CC(C)CC1CN(Cc2cccs2)C2(CCCC2)CN1. The van der Waals surface area contributed by atoms with Crippen LogP contribution in [-0.2, 0) is 6.54 Å². The third kappa shape index (κ3) is 3.10. The van der Waals surface area contributed by atoms with Gasteiger partial charge in [-0.1, -0.05) is 32.8 Å². The van der Waals surface area contributed by atoms with Crippen LogP contribution in [0.25, 0.3) is 0 Å². The molecule has 2 nitrogen and oxygen atoms in total. The highest BCUT2D eigenvalue weighted by molar-refractivity contribution is 7.09. The minimum absolute atomic E-state index is 0.456. The first kappa shape index (κ1) is 14.6. The van der Waals surface area contributed by atoms with E-state index in [1.807, 2.05) is 11.3 Å². The molecule has 1 aliphatic carbocycles. The van der Waals surface area contributed by atoms with Gasteiger partial charge in [-0.05, 0) is 36.6 Å². The van der Waals surface area contributed by atoms with E-state index in [0.29, 0.717) is 11.6 Å². The highest BCUT2D eigenvalue weighted by atomic mass is 32.1. The molecule has 1 aliphatic heterocycles. The van der Waals surface area contributed by atoms with Crippen molar-refractivity contribution in [1.29, 1.82) is 0 Å². The van der Waals surface area contributed by atoms with Gasteiger partial charge in [-0.3, -0.25) is 4.90 Å². The van der Waals surface area contributed by atoms with Crippen LogP contribution in [0.4, 0.5) is 0 Å². The zero-order valence-corrected chi connectivity index (χ0v) is 13.7. The molecule has 1 aromatic heterocycles. The van der Waals surface area contributed by atoms with Crippen molar-refractivity contribution in [2.75, 3.05) is 13.1 Å². The molecule has 0 bridgehead atoms. The Morgan fingerprint density at radius 1 is 1.40 bits per heavy atom. The lowest BCUT2D eigenvalue weighted by Crippen LogP contribution is -2.63. The fourth-order valence-corrected chi connectivity index (χ4v) is 4.77. The Bertz CT molecular complexity index is 407. The lowest BCUT2D eigenvalue weighted by molar-refractivity contribution is 0.0323. The Balaban J connectivity index is 1.72. The molecule has 1 N–H and O–H groups in total. The molecule has 0 radical (unpaired) electrons. The highest BCUT2D eigenvalue weighted by Gasteiger charge is 2.43. The molecule has 1 unspecified atom stereocenters. The average molecular weight is 292 g/mol. The summed E-state index contributed by atoms with van der Waals surface area (Å²) in [4.78, 5) is 4.34. The molecule has 0 amide bonds. The van der Waals surface area contributed by atoms with Crippen LogP contribution < -0.4 is 5.32 Å². The summed E-state index contributed by atoms with van der Waals surface area (Å²) in [6.45, 7) is 8.27. The van der Waals surface area contributed by atoms with Crippen LogP contribution in [0.15, 0.2) is 17.5 Å². The molecule has 20 heavy (non-hydrogen) atoms. The highest BCUT2D eigenvalue weighted by Crippen LogP contribution is 2.38. The van der Waals surface area contributed by atoms with Gasteiger partial charge in [0.15, 0.2) is 0 Å². The van der Waals surface area contributed by atoms with Gasteiger partial charge in [-0.2, -0.15) is 0 Å². The zero-order valence-electron chi connectivity index (χ0n) is 12.9. The van der Waals surface area contributed by atoms with Crippen molar-refractivity contribution in [3.05, 3.63) is 22.4 Å². The van der Waals surface area contributed by atoms with Gasteiger partial charge in [0, 0.05) is 36.1 Å². The molecule has 1 atom stereocenters. The van der Waals surface area contributed by atoms with Crippen molar-refractivity contribution in [1.82, 2.24) is 10.2 Å². The van der Waals surface area contributed by atoms with Gasteiger partial charge in [-0.15, -0.1) is 11.3 Å². The average Bonchev–Trinajstić information content (AvgIpc) is 3.05. The van der Waals surface area contributed by atoms with E-state index in [1.54, 1.807) is 0 Å². The summed E-state index contributed by atoms with van der Waals surface area (Å²) in [6, 6.07) is 5.17. The maximum absolute atomic E-state index is 3.85. The predicted molar refractivity (Wildman–Crippen MR) is 87.2 cm³/mol. The molecular formula is C17H28N2S. The molecule has 2 aliphatic rings. The lowest BCUT2D eigenvalue weighted by Gasteiger charge is -2.48. The molecule has 3 rings (SSSR count). The Hall–Kier alpha value is -0.380. The van der Waals surface area contributed by atoms with E-state index >= 15 is 0 Å². The number of nitrogens with zero attached hydrogens (tertiary/aromatic N) is 1. The predicted octanol–water partition coefficient (Wildman–Crippen LogP) is 3.88. The van der Waals surface area contributed by atoms with Gasteiger partial charge in [0.1, 0.15) is 0 Å². The van der Waals surface area contributed by atoms with Gasteiger partial charge in [-0.25, -0.2) is 0 Å². The lowest BCUT2D eigenvalue weighted by atomic mass is 9.89. The monoisotopic (exact) mass is 292 g/mol. The van der Waals surface area contributed by atoms with Crippen LogP contribution in [0, 0.1) is 5.92 Å². The smallest absolute Gasteiger partial charge is 0.0338 e. The van der Waals surface area contributed by atoms with Crippen molar-refractivity contribution < 1.29 is 0 Å². The van der Waals surface area contributed by atoms with Gasteiger partial charge >= 0.3 is 0 Å². The van der Waals surface area contributed by atoms with E-state index in [1.165, 1.54) is 50.1 Å². The standard InChI is InChI=1S/C17H28N2S/c1-14(2)10-15-11-19(12-16-6-5-9-20-16)17(13-18-15)7-3-4-8-17/h5-6,9,14-15,18H,3-4,7-8,10-13H2,1-2H3. The van der Waals surface area contributed by atoms with Crippen LogP contribution in [0.2, 0.25) is 0 Å². The minimum atomic E-state index is 0.456. The Morgan fingerprint density at radius 3 is 2.85 bits per heavy atom. The molecule has 2 fully saturated rings. The topological polar surface area (TPSA) is 15.3 Å². The second kappa shape index (κ2) is 6.17. The molecule has 1 spiro atoms. The van der Waals surface area contributed by atoms with E-state index in [4.69, 9.17) is 0 Å². The first-order valence-electron chi connectivity index (χ1n) is 8.19.